The summed E-state index contributed by atoms with van der Waals surface area (Å²) in [6.45, 7) is 5.28. The topological polar surface area (TPSA) is 129 Å². The molecule has 4 heterocycles. The van der Waals surface area contributed by atoms with Gasteiger partial charge in [0.2, 0.25) is 5.88 Å². The molecule has 1 saturated heterocycles. The van der Waals surface area contributed by atoms with E-state index in [0.29, 0.717) is 35.6 Å². The number of benzene rings is 1. The summed E-state index contributed by atoms with van der Waals surface area (Å²) in [6.07, 6.45) is 10.7. The average molecular weight is 502 g/mol. The highest BCUT2D eigenvalue weighted by molar-refractivity contribution is 5.58. The summed E-state index contributed by atoms with van der Waals surface area (Å²) in [5, 5.41) is 7.33. The number of rotatable bonds is 10. The number of nitrogens with two attached hydrogens (primary N) is 1. The lowest BCUT2D eigenvalue weighted by atomic mass is 10.1. The lowest BCUT2D eigenvalue weighted by molar-refractivity contribution is 0.0374. The largest absolute Gasteiger partial charge is 0.434 e. The Labute approximate surface area is 215 Å². The van der Waals surface area contributed by atoms with Gasteiger partial charge in [-0.25, -0.2) is 15.0 Å². The monoisotopic (exact) mass is 501 g/mol. The van der Waals surface area contributed by atoms with Crippen molar-refractivity contribution in [3.8, 4) is 23.0 Å². The molecule has 1 aliphatic rings. The molecule has 11 nitrogen and oxygen atoms in total. The van der Waals surface area contributed by atoms with Crippen LogP contribution < -0.4 is 15.8 Å². The van der Waals surface area contributed by atoms with Gasteiger partial charge in [-0.05, 0) is 36.6 Å². The molecular weight excluding hydrogens is 470 g/mol. The molecular formula is C26H31N9O2. The minimum atomic E-state index is 0.294. The molecule has 3 aromatic heterocycles. The molecule has 0 saturated carbocycles. The second-order valence-electron chi connectivity index (χ2n) is 8.92. The molecule has 0 radical (unpaired) electrons. The third-order valence-corrected chi connectivity index (χ3v) is 6.08. The molecule has 0 spiro atoms. The first-order chi connectivity index (χ1) is 18.1. The van der Waals surface area contributed by atoms with E-state index in [-0.39, 0.29) is 0 Å². The molecule has 1 fully saturated rings. The number of aromatic nitrogens is 6. The van der Waals surface area contributed by atoms with E-state index < -0.39 is 0 Å². The van der Waals surface area contributed by atoms with Gasteiger partial charge in [0.05, 0.1) is 31.8 Å². The van der Waals surface area contributed by atoms with Crippen LogP contribution >= 0.6 is 0 Å². The van der Waals surface area contributed by atoms with Gasteiger partial charge in [0.15, 0.2) is 23.2 Å². The van der Waals surface area contributed by atoms with E-state index in [1.165, 1.54) is 6.20 Å². The Bertz CT molecular complexity index is 1300. The molecule has 0 atom stereocenters. The van der Waals surface area contributed by atoms with Crippen LogP contribution in [0.2, 0.25) is 0 Å². The second kappa shape index (κ2) is 11.8. The Morgan fingerprint density at radius 3 is 2.68 bits per heavy atom. The molecule has 0 bridgehead atoms. The lowest BCUT2D eigenvalue weighted by Gasteiger charge is -2.26. The maximum Gasteiger partial charge on any atom is 0.240 e. The van der Waals surface area contributed by atoms with E-state index in [0.717, 1.165) is 62.4 Å². The summed E-state index contributed by atoms with van der Waals surface area (Å²) in [5.74, 6) is 2.34. The predicted molar refractivity (Wildman–Crippen MR) is 140 cm³/mol. The molecule has 5 rings (SSSR count). The van der Waals surface area contributed by atoms with E-state index >= 15 is 0 Å². The molecule has 0 amide bonds. The maximum atomic E-state index is 6.03. The van der Waals surface area contributed by atoms with Crippen LogP contribution in [0.4, 0.5) is 11.6 Å². The molecule has 4 aromatic rings. The van der Waals surface area contributed by atoms with Crippen LogP contribution in [0.1, 0.15) is 17.5 Å². The third-order valence-electron chi connectivity index (χ3n) is 6.08. The van der Waals surface area contributed by atoms with Crippen molar-refractivity contribution in [2.24, 2.45) is 7.05 Å². The van der Waals surface area contributed by atoms with Gasteiger partial charge in [0.1, 0.15) is 0 Å². The van der Waals surface area contributed by atoms with E-state index in [9.17, 15) is 0 Å². The highest BCUT2D eigenvalue weighted by Crippen LogP contribution is 2.23. The number of nitrogens with one attached hydrogen (secondary N) is 1. The molecule has 3 N–H and O–H groups in total. The van der Waals surface area contributed by atoms with Crippen molar-refractivity contribution in [2.75, 3.05) is 43.9 Å². The van der Waals surface area contributed by atoms with Crippen molar-refractivity contribution in [3.63, 3.8) is 0 Å². The smallest absolute Gasteiger partial charge is 0.240 e. The fourth-order valence-corrected chi connectivity index (χ4v) is 4.10. The van der Waals surface area contributed by atoms with Crippen molar-refractivity contribution in [3.05, 3.63) is 66.4 Å². The van der Waals surface area contributed by atoms with Gasteiger partial charge in [0.25, 0.3) is 0 Å². The number of nitrogen functional groups attached to an aromatic ring is 1. The van der Waals surface area contributed by atoms with E-state index in [2.05, 4.69) is 41.3 Å². The molecule has 0 aliphatic carbocycles. The highest BCUT2D eigenvalue weighted by Gasteiger charge is 2.11. The van der Waals surface area contributed by atoms with Gasteiger partial charge < -0.3 is 20.5 Å². The minimum Gasteiger partial charge on any atom is -0.434 e. The van der Waals surface area contributed by atoms with Crippen molar-refractivity contribution < 1.29 is 9.47 Å². The summed E-state index contributed by atoms with van der Waals surface area (Å²) in [5.41, 5.74) is 9.17. The molecule has 37 heavy (non-hydrogen) atoms. The van der Waals surface area contributed by atoms with Crippen molar-refractivity contribution in [1.29, 1.82) is 0 Å². The zero-order valence-corrected chi connectivity index (χ0v) is 20.9. The van der Waals surface area contributed by atoms with Crippen molar-refractivity contribution in [1.82, 2.24) is 34.6 Å². The van der Waals surface area contributed by atoms with Gasteiger partial charge in [-0.3, -0.25) is 9.58 Å². The van der Waals surface area contributed by atoms with Gasteiger partial charge in [-0.15, -0.1) is 0 Å². The quantitative estimate of drug-likeness (QED) is 0.335. The number of hydrogen-bond donors (Lipinski definition) is 2. The predicted octanol–water partition coefficient (Wildman–Crippen LogP) is 2.92. The highest BCUT2D eigenvalue weighted by atomic mass is 16.5. The number of hydrogen-bond acceptors (Lipinski definition) is 10. The lowest BCUT2D eigenvalue weighted by Crippen LogP contribution is -2.36. The minimum absolute atomic E-state index is 0.294. The Kier molecular flexibility index (Phi) is 7.82. The standard InChI is InChI=1S/C26H31N9O2/c1-34-18-22(16-32-34)37-23-17-28-24(27)26(33-23)31-13-19-4-2-6-21(12-19)25-29-14-20(15-30-25)5-3-7-35-8-10-36-11-9-35/h2,4,6,12,14-18H,3,5,7-11,13H2,1H3,(H2,27,28)(H,31,33). The third kappa shape index (κ3) is 6.78. The van der Waals surface area contributed by atoms with E-state index in [4.69, 9.17) is 15.2 Å². The first-order valence-electron chi connectivity index (χ1n) is 12.4. The van der Waals surface area contributed by atoms with Crippen molar-refractivity contribution >= 4 is 11.6 Å². The number of morpholine rings is 1. The van der Waals surface area contributed by atoms with Crippen LogP contribution in [0.3, 0.4) is 0 Å². The average Bonchev–Trinajstić information content (AvgIpc) is 3.34. The van der Waals surface area contributed by atoms with Crippen LogP contribution in [-0.4, -0.2) is 67.5 Å². The van der Waals surface area contributed by atoms with Crippen molar-refractivity contribution in [2.45, 2.75) is 19.4 Å². The fraction of sp³-hybridized carbons (Fsp3) is 0.346. The van der Waals surface area contributed by atoms with Crippen LogP contribution in [0, 0.1) is 0 Å². The van der Waals surface area contributed by atoms with Crippen LogP contribution in [0.15, 0.2) is 55.2 Å². The Morgan fingerprint density at radius 1 is 1.05 bits per heavy atom. The zero-order chi connectivity index (χ0) is 25.5. The molecule has 1 aromatic carbocycles. The fourth-order valence-electron chi connectivity index (χ4n) is 4.10. The summed E-state index contributed by atoms with van der Waals surface area (Å²) in [4.78, 5) is 20.3. The molecule has 11 heteroatoms. The van der Waals surface area contributed by atoms with Gasteiger partial charge in [0, 0.05) is 44.6 Å². The second-order valence-corrected chi connectivity index (χ2v) is 8.92. The van der Waals surface area contributed by atoms with Crippen LogP contribution in [0.25, 0.3) is 11.4 Å². The van der Waals surface area contributed by atoms with E-state index in [1.54, 1.807) is 17.1 Å². The first-order valence-corrected chi connectivity index (χ1v) is 12.4. The van der Waals surface area contributed by atoms with Gasteiger partial charge in [-0.2, -0.15) is 10.1 Å². The SMILES string of the molecule is Cn1cc(Oc2cnc(N)c(NCc3cccc(-c4ncc(CCCN5CCOCC5)cn4)c3)n2)cn1. The summed E-state index contributed by atoms with van der Waals surface area (Å²) in [6, 6.07) is 8.08. The van der Waals surface area contributed by atoms with Crippen LogP contribution in [0.5, 0.6) is 11.6 Å². The summed E-state index contributed by atoms with van der Waals surface area (Å²) >= 11 is 0. The normalized spacial score (nSPS) is 14.0. The van der Waals surface area contributed by atoms with Gasteiger partial charge in [-0.1, -0.05) is 18.2 Å². The number of ether oxygens (including phenoxy) is 2. The Balaban J connectivity index is 1.17. The Hall–Kier alpha value is -4.09. The molecule has 192 valence electrons. The van der Waals surface area contributed by atoms with E-state index in [1.807, 2.05) is 37.6 Å². The zero-order valence-electron chi connectivity index (χ0n) is 20.9. The van der Waals surface area contributed by atoms with Gasteiger partial charge >= 0.3 is 0 Å². The number of anilines is 2. The molecule has 0 unspecified atom stereocenters. The van der Waals surface area contributed by atoms with Crippen LogP contribution in [-0.2, 0) is 24.8 Å². The Morgan fingerprint density at radius 2 is 1.89 bits per heavy atom. The number of nitrogens with zero attached hydrogens (tertiary/aromatic N) is 7. The number of aryl methyl sites for hydroxylation is 2. The summed E-state index contributed by atoms with van der Waals surface area (Å²) in [7, 11) is 1.82. The maximum absolute atomic E-state index is 6.03. The summed E-state index contributed by atoms with van der Waals surface area (Å²) < 4.78 is 12.8. The first kappa shape index (κ1) is 24.6. The molecule has 1 aliphatic heterocycles.